The molecule has 0 radical (unpaired) electrons. The third-order valence-corrected chi connectivity index (χ3v) is 3.12. The van der Waals surface area contributed by atoms with Crippen LogP contribution in [0.15, 0.2) is 34.3 Å². The van der Waals surface area contributed by atoms with E-state index < -0.39 is 5.97 Å². The second-order valence-corrected chi connectivity index (χ2v) is 4.32. The molecule has 0 saturated carbocycles. The van der Waals surface area contributed by atoms with Crippen LogP contribution in [-0.2, 0) is 6.54 Å². The Balaban J connectivity index is 2.08. The highest BCUT2D eigenvalue weighted by Gasteiger charge is 2.10. The molecule has 2 aromatic rings. The first-order valence-electron chi connectivity index (χ1n) is 4.72. The maximum absolute atomic E-state index is 10.7. The molecule has 0 amide bonds. The van der Waals surface area contributed by atoms with E-state index >= 15 is 0 Å². The van der Waals surface area contributed by atoms with Crippen LogP contribution >= 0.6 is 11.3 Å². The Bertz CT molecular complexity index is 475. The van der Waals surface area contributed by atoms with E-state index in [0.29, 0.717) is 11.4 Å². The van der Waals surface area contributed by atoms with Gasteiger partial charge in [0.05, 0.1) is 12.8 Å². The van der Waals surface area contributed by atoms with E-state index in [4.69, 9.17) is 9.52 Å². The van der Waals surface area contributed by atoms with Gasteiger partial charge in [0.25, 0.3) is 0 Å². The number of hydrogen-bond donors (Lipinski definition) is 1. The van der Waals surface area contributed by atoms with Crippen molar-refractivity contribution in [1.82, 2.24) is 0 Å². The van der Waals surface area contributed by atoms with Crippen LogP contribution in [-0.4, -0.2) is 18.1 Å². The summed E-state index contributed by atoms with van der Waals surface area (Å²) in [4.78, 5) is 13.0. The lowest BCUT2D eigenvalue weighted by molar-refractivity contribution is 0.0702. The molecule has 0 unspecified atom stereocenters. The van der Waals surface area contributed by atoms with E-state index in [1.807, 2.05) is 29.5 Å². The molecule has 84 valence electrons. The Labute approximate surface area is 96.7 Å². The van der Waals surface area contributed by atoms with Crippen molar-refractivity contribution in [3.63, 3.8) is 0 Å². The van der Waals surface area contributed by atoms with Crippen molar-refractivity contribution in [2.45, 2.75) is 6.54 Å². The molecule has 0 aliphatic carbocycles. The second-order valence-electron chi connectivity index (χ2n) is 3.41. The van der Waals surface area contributed by atoms with Crippen molar-refractivity contribution >= 4 is 23.0 Å². The smallest absolute Gasteiger partial charge is 0.345 e. The van der Waals surface area contributed by atoms with Gasteiger partial charge in [0.1, 0.15) is 10.6 Å². The van der Waals surface area contributed by atoms with Gasteiger partial charge in [0.2, 0.25) is 0 Å². The van der Waals surface area contributed by atoms with Gasteiger partial charge in [-0.3, -0.25) is 0 Å². The highest BCUT2D eigenvalue weighted by Crippen LogP contribution is 2.23. The molecule has 4 nitrogen and oxygen atoms in total. The third-order valence-electron chi connectivity index (χ3n) is 2.21. The van der Waals surface area contributed by atoms with Crippen LogP contribution in [0.4, 0.5) is 5.69 Å². The van der Waals surface area contributed by atoms with Crippen LogP contribution in [0.25, 0.3) is 0 Å². The molecule has 5 heteroatoms. The number of carboxylic acids is 1. The Morgan fingerprint density at radius 1 is 1.62 bits per heavy atom. The number of carbonyl (C=O) groups is 1. The van der Waals surface area contributed by atoms with E-state index in [2.05, 4.69) is 0 Å². The molecule has 0 atom stereocenters. The summed E-state index contributed by atoms with van der Waals surface area (Å²) in [5.74, 6) is -0.0341. The lowest BCUT2D eigenvalue weighted by Crippen LogP contribution is -2.15. The zero-order valence-electron chi connectivity index (χ0n) is 8.71. The minimum absolute atomic E-state index is 0.348. The van der Waals surface area contributed by atoms with Gasteiger partial charge in [-0.05, 0) is 18.2 Å². The van der Waals surface area contributed by atoms with Crippen molar-refractivity contribution in [2.75, 3.05) is 11.9 Å². The average molecular weight is 237 g/mol. The first-order valence-corrected chi connectivity index (χ1v) is 5.60. The van der Waals surface area contributed by atoms with Crippen molar-refractivity contribution in [3.8, 4) is 0 Å². The highest BCUT2D eigenvalue weighted by atomic mass is 32.1. The summed E-state index contributed by atoms with van der Waals surface area (Å²) in [6, 6.07) is 5.39. The van der Waals surface area contributed by atoms with Crippen molar-refractivity contribution < 1.29 is 14.3 Å². The van der Waals surface area contributed by atoms with E-state index in [-0.39, 0.29) is 0 Å². The second kappa shape index (κ2) is 4.40. The minimum Gasteiger partial charge on any atom is -0.477 e. The number of carboxylic acid groups (broad SMARTS) is 1. The molecule has 1 N–H and O–H groups in total. The van der Waals surface area contributed by atoms with E-state index in [9.17, 15) is 4.79 Å². The molecule has 0 aliphatic heterocycles. The van der Waals surface area contributed by atoms with Crippen LogP contribution in [0.2, 0.25) is 0 Å². The zero-order valence-corrected chi connectivity index (χ0v) is 9.53. The van der Waals surface area contributed by atoms with Crippen LogP contribution in [0, 0.1) is 0 Å². The van der Waals surface area contributed by atoms with Crippen LogP contribution in [0.1, 0.15) is 15.4 Å². The first-order chi connectivity index (χ1) is 7.66. The summed E-state index contributed by atoms with van der Waals surface area (Å²) in [6.07, 6.45) is 1.62. The maximum Gasteiger partial charge on any atom is 0.345 e. The summed E-state index contributed by atoms with van der Waals surface area (Å²) in [5.41, 5.74) is 0.888. The molecule has 2 rings (SSSR count). The maximum atomic E-state index is 10.7. The summed E-state index contributed by atoms with van der Waals surface area (Å²) < 4.78 is 5.23. The lowest BCUT2D eigenvalue weighted by Gasteiger charge is -2.15. The fourth-order valence-electron chi connectivity index (χ4n) is 1.37. The lowest BCUT2D eigenvalue weighted by atomic mass is 10.3. The minimum atomic E-state index is -0.886. The molecule has 2 aromatic heterocycles. The van der Waals surface area contributed by atoms with Crippen LogP contribution < -0.4 is 4.90 Å². The Morgan fingerprint density at radius 3 is 3.00 bits per heavy atom. The monoisotopic (exact) mass is 237 g/mol. The summed E-state index contributed by atoms with van der Waals surface area (Å²) >= 11 is 1.23. The van der Waals surface area contributed by atoms with Crippen LogP contribution in [0.5, 0.6) is 0 Å². The number of rotatable bonds is 4. The number of anilines is 1. The van der Waals surface area contributed by atoms with Gasteiger partial charge in [0, 0.05) is 18.1 Å². The first kappa shape index (κ1) is 10.8. The molecule has 0 aliphatic rings. The predicted octanol–water partition coefficient (Wildman–Crippen LogP) is 2.68. The average Bonchev–Trinajstić information content (AvgIpc) is 2.86. The highest BCUT2D eigenvalue weighted by molar-refractivity contribution is 7.12. The van der Waals surface area contributed by atoms with Crippen molar-refractivity contribution in [1.29, 1.82) is 0 Å². The molecular formula is C11H11NO3S. The van der Waals surface area contributed by atoms with E-state index in [1.54, 1.807) is 12.3 Å². The molecular weight excluding hydrogens is 226 g/mol. The Hall–Kier alpha value is -1.75. The third kappa shape index (κ3) is 2.25. The predicted molar refractivity (Wildman–Crippen MR) is 62.1 cm³/mol. The van der Waals surface area contributed by atoms with Gasteiger partial charge in [-0.2, -0.15) is 0 Å². The number of aromatic carboxylic acids is 1. The Morgan fingerprint density at radius 2 is 2.44 bits per heavy atom. The summed E-state index contributed by atoms with van der Waals surface area (Å²) in [5, 5.41) is 10.6. The quantitative estimate of drug-likeness (QED) is 0.888. The van der Waals surface area contributed by atoms with Crippen LogP contribution in [0.3, 0.4) is 0 Å². The van der Waals surface area contributed by atoms with Gasteiger partial charge in [-0.1, -0.05) is 0 Å². The number of nitrogens with zero attached hydrogens (tertiary/aromatic N) is 1. The molecule has 0 saturated heterocycles. The van der Waals surface area contributed by atoms with E-state index in [0.717, 1.165) is 11.4 Å². The van der Waals surface area contributed by atoms with Crippen molar-refractivity contribution in [3.05, 3.63) is 40.5 Å². The fourth-order valence-corrected chi connectivity index (χ4v) is 2.15. The normalized spacial score (nSPS) is 10.3. The van der Waals surface area contributed by atoms with Gasteiger partial charge in [0.15, 0.2) is 0 Å². The Kier molecular flexibility index (Phi) is 2.96. The van der Waals surface area contributed by atoms with Gasteiger partial charge >= 0.3 is 5.97 Å². The molecule has 2 heterocycles. The zero-order chi connectivity index (χ0) is 11.5. The molecule has 16 heavy (non-hydrogen) atoms. The fraction of sp³-hybridized carbons (Fsp3) is 0.182. The van der Waals surface area contributed by atoms with E-state index in [1.165, 1.54) is 11.3 Å². The number of hydrogen-bond acceptors (Lipinski definition) is 4. The number of furan rings is 1. The number of thiophene rings is 1. The molecule has 0 fully saturated rings. The van der Waals surface area contributed by atoms with Crippen molar-refractivity contribution in [2.24, 2.45) is 0 Å². The largest absolute Gasteiger partial charge is 0.477 e. The molecule has 0 bridgehead atoms. The van der Waals surface area contributed by atoms with Gasteiger partial charge < -0.3 is 14.4 Å². The summed E-state index contributed by atoms with van der Waals surface area (Å²) in [7, 11) is 1.90. The topological polar surface area (TPSA) is 53.7 Å². The SMILES string of the molecule is CN(Cc1ccco1)c1csc(C(=O)O)c1. The molecule has 0 spiro atoms. The van der Waals surface area contributed by atoms with Gasteiger partial charge in [-0.15, -0.1) is 11.3 Å². The van der Waals surface area contributed by atoms with Gasteiger partial charge in [-0.25, -0.2) is 4.79 Å². The molecule has 0 aromatic carbocycles. The standard InChI is InChI=1S/C11H11NO3S/c1-12(6-9-3-2-4-15-9)8-5-10(11(13)14)16-7-8/h2-5,7H,6H2,1H3,(H,13,14). The summed E-state index contributed by atoms with van der Waals surface area (Å²) in [6.45, 7) is 0.628.